The second-order valence-electron chi connectivity index (χ2n) is 9.99. The van der Waals surface area contributed by atoms with Gasteiger partial charge in [-0.05, 0) is 53.9 Å². The van der Waals surface area contributed by atoms with Crippen molar-refractivity contribution in [3.8, 4) is 11.1 Å². The number of piperidine rings is 2. The van der Waals surface area contributed by atoms with Gasteiger partial charge in [-0.1, -0.05) is 55.5 Å². The van der Waals surface area contributed by atoms with Crippen LogP contribution in [-0.2, 0) is 14.3 Å². The Hall–Kier alpha value is -3.35. The minimum absolute atomic E-state index is 0.0198. The zero-order valence-electron chi connectivity index (χ0n) is 20.0. The molecule has 4 atom stereocenters. The third kappa shape index (κ3) is 4.40. The topological polar surface area (TPSA) is 95.9 Å². The van der Waals surface area contributed by atoms with Crippen LogP contribution in [0.1, 0.15) is 49.7 Å². The molecule has 2 aromatic carbocycles. The number of aliphatic carboxylic acids is 1. The molecule has 2 amide bonds. The number of hydrogen-bond acceptors (Lipinski definition) is 4. The predicted octanol–water partition coefficient (Wildman–Crippen LogP) is 4.26. The number of fused-ring (bicyclic) bond motifs is 6. The Morgan fingerprint density at radius 3 is 2.31 bits per heavy atom. The molecule has 7 nitrogen and oxygen atoms in total. The quantitative estimate of drug-likeness (QED) is 0.622. The van der Waals surface area contributed by atoms with E-state index in [4.69, 9.17) is 4.74 Å². The lowest BCUT2D eigenvalue weighted by molar-refractivity contribution is -0.157. The molecule has 6 rings (SSSR count). The fourth-order valence-electron chi connectivity index (χ4n) is 6.21. The van der Waals surface area contributed by atoms with Gasteiger partial charge >= 0.3 is 12.1 Å². The van der Waals surface area contributed by atoms with E-state index in [0.717, 1.165) is 24.0 Å². The zero-order valence-corrected chi connectivity index (χ0v) is 20.0. The largest absolute Gasteiger partial charge is 0.481 e. The summed E-state index contributed by atoms with van der Waals surface area (Å²) in [6, 6.07) is 16.1. The second kappa shape index (κ2) is 9.72. The summed E-state index contributed by atoms with van der Waals surface area (Å²) in [5, 5.41) is 12.4. The lowest BCUT2D eigenvalue weighted by Gasteiger charge is -2.49. The van der Waals surface area contributed by atoms with Gasteiger partial charge in [-0.25, -0.2) is 4.79 Å². The first-order valence-corrected chi connectivity index (χ1v) is 12.6. The number of amides is 2. The first-order chi connectivity index (χ1) is 17.0. The molecular formula is C28H32N2O5. The molecular weight excluding hydrogens is 444 g/mol. The first-order valence-electron chi connectivity index (χ1n) is 12.6. The van der Waals surface area contributed by atoms with Crippen LogP contribution in [0.2, 0.25) is 0 Å². The molecule has 2 aliphatic carbocycles. The van der Waals surface area contributed by atoms with Crippen LogP contribution in [0.5, 0.6) is 0 Å². The van der Waals surface area contributed by atoms with Crippen molar-refractivity contribution in [2.45, 2.75) is 44.6 Å². The predicted molar refractivity (Wildman–Crippen MR) is 131 cm³/mol. The maximum atomic E-state index is 13.3. The minimum Gasteiger partial charge on any atom is -0.481 e. The molecule has 184 valence electrons. The Morgan fingerprint density at radius 1 is 1.06 bits per heavy atom. The highest BCUT2D eigenvalue weighted by Gasteiger charge is 2.46. The Morgan fingerprint density at radius 2 is 1.71 bits per heavy atom. The van der Waals surface area contributed by atoms with Crippen molar-refractivity contribution < 1.29 is 24.2 Å². The van der Waals surface area contributed by atoms with Gasteiger partial charge in [-0.15, -0.1) is 0 Å². The summed E-state index contributed by atoms with van der Waals surface area (Å²) in [6.45, 7) is 2.94. The Bertz CT molecular complexity index is 1090. The van der Waals surface area contributed by atoms with Crippen LogP contribution in [0.4, 0.5) is 4.79 Å². The van der Waals surface area contributed by atoms with Crippen LogP contribution >= 0.6 is 0 Å². The van der Waals surface area contributed by atoms with E-state index in [1.54, 1.807) is 4.90 Å². The number of nitrogens with zero attached hydrogens (tertiary/aromatic N) is 1. The SMILES string of the molecule is CCC(CNC(=O)OCC1c2ccccc2-c2ccccc21)C(=O)N1CC2CCC1C(C(=O)O)C2. The van der Waals surface area contributed by atoms with Crippen molar-refractivity contribution >= 4 is 18.0 Å². The van der Waals surface area contributed by atoms with E-state index in [1.807, 2.05) is 31.2 Å². The van der Waals surface area contributed by atoms with Crippen LogP contribution in [0.15, 0.2) is 48.5 Å². The molecule has 3 fully saturated rings. The number of carbonyl (C=O) groups is 3. The molecule has 2 bridgehead atoms. The van der Waals surface area contributed by atoms with Gasteiger partial charge in [0.25, 0.3) is 0 Å². The van der Waals surface area contributed by atoms with Crippen molar-refractivity contribution in [1.82, 2.24) is 10.2 Å². The van der Waals surface area contributed by atoms with Crippen molar-refractivity contribution in [2.24, 2.45) is 17.8 Å². The van der Waals surface area contributed by atoms with Gasteiger partial charge < -0.3 is 20.1 Å². The zero-order chi connectivity index (χ0) is 24.5. The minimum atomic E-state index is -0.818. The number of carboxylic acid groups (broad SMARTS) is 1. The standard InChI is InChI=1S/C28H32N2O5/c1-2-18(26(31)30-15-17-11-12-25(30)23(13-17)27(32)33)14-29-28(34)35-16-24-21-9-5-3-7-19(21)20-8-4-6-10-22(20)24/h3-10,17-18,23-25H,2,11-16H2,1H3,(H,29,34)(H,32,33). The third-order valence-electron chi connectivity index (χ3n) is 8.06. The molecule has 2 N–H and O–H groups in total. The molecule has 0 radical (unpaired) electrons. The molecule has 0 spiro atoms. The number of alkyl carbamates (subject to hydrolysis) is 1. The number of benzene rings is 2. The van der Waals surface area contributed by atoms with E-state index < -0.39 is 23.9 Å². The Labute approximate surface area is 205 Å². The lowest BCUT2D eigenvalue weighted by atomic mass is 9.72. The van der Waals surface area contributed by atoms with E-state index >= 15 is 0 Å². The maximum Gasteiger partial charge on any atom is 0.407 e. The fraction of sp³-hybridized carbons (Fsp3) is 0.464. The molecule has 1 saturated carbocycles. The van der Waals surface area contributed by atoms with Gasteiger partial charge in [0.15, 0.2) is 0 Å². The van der Waals surface area contributed by atoms with Crippen molar-refractivity contribution in [3.63, 3.8) is 0 Å². The van der Waals surface area contributed by atoms with E-state index in [9.17, 15) is 19.5 Å². The molecule has 2 heterocycles. The molecule has 2 aromatic rings. The van der Waals surface area contributed by atoms with Crippen LogP contribution in [0.3, 0.4) is 0 Å². The summed E-state index contributed by atoms with van der Waals surface area (Å²) in [5.41, 5.74) is 4.64. The highest BCUT2D eigenvalue weighted by atomic mass is 16.5. The maximum absolute atomic E-state index is 13.3. The number of rotatable bonds is 7. The van der Waals surface area contributed by atoms with E-state index in [0.29, 0.717) is 19.4 Å². The summed E-state index contributed by atoms with van der Waals surface area (Å²) in [7, 11) is 0. The van der Waals surface area contributed by atoms with Crippen LogP contribution in [-0.4, -0.2) is 53.7 Å². The van der Waals surface area contributed by atoms with Gasteiger partial charge in [-0.2, -0.15) is 0 Å². The van der Waals surface area contributed by atoms with Gasteiger partial charge in [-0.3, -0.25) is 9.59 Å². The Balaban J connectivity index is 1.18. The molecule has 4 unspecified atom stereocenters. The van der Waals surface area contributed by atoms with Crippen molar-refractivity contribution in [1.29, 1.82) is 0 Å². The van der Waals surface area contributed by atoms with Crippen LogP contribution in [0, 0.1) is 17.8 Å². The van der Waals surface area contributed by atoms with Gasteiger partial charge in [0.05, 0.1) is 11.8 Å². The van der Waals surface area contributed by atoms with E-state index in [1.165, 1.54) is 11.1 Å². The summed E-state index contributed by atoms with van der Waals surface area (Å²) in [4.78, 5) is 39.3. The van der Waals surface area contributed by atoms with Crippen LogP contribution < -0.4 is 5.32 Å². The molecule has 35 heavy (non-hydrogen) atoms. The summed E-state index contributed by atoms with van der Waals surface area (Å²) >= 11 is 0. The molecule has 0 aromatic heterocycles. The number of carboxylic acids is 1. The second-order valence-corrected chi connectivity index (χ2v) is 9.99. The number of hydrogen-bond donors (Lipinski definition) is 2. The van der Waals surface area contributed by atoms with E-state index in [-0.39, 0.29) is 36.9 Å². The Kier molecular flexibility index (Phi) is 6.50. The molecule has 2 saturated heterocycles. The number of nitrogens with one attached hydrogen (secondary N) is 1. The summed E-state index contributed by atoms with van der Waals surface area (Å²) in [6.07, 6.45) is 2.39. The normalized spacial score (nSPS) is 23.3. The summed E-state index contributed by atoms with van der Waals surface area (Å²) < 4.78 is 5.61. The fourth-order valence-corrected chi connectivity index (χ4v) is 6.21. The van der Waals surface area contributed by atoms with Crippen molar-refractivity contribution in [3.05, 3.63) is 59.7 Å². The first kappa shape index (κ1) is 23.4. The highest BCUT2D eigenvalue weighted by Crippen LogP contribution is 2.44. The van der Waals surface area contributed by atoms with Crippen LogP contribution in [0.25, 0.3) is 11.1 Å². The average Bonchev–Trinajstić information content (AvgIpc) is 3.21. The smallest absolute Gasteiger partial charge is 0.407 e. The van der Waals surface area contributed by atoms with E-state index in [2.05, 4.69) is 29.6 Å². The molecule has 7 heteroatoms. The average molecular weight is 477 g/mol. The summed E-state index contributed by atoms with van der Waals surface area (Å²) in [5.74, 6) is -1.54. The van der Waals surface area contributed by atoms with Crippen molar-refractivity contribution in [2.75, 3.05) is 19.7 Å². The molecule has 4 aliphatic rings. The van der Waals surface area contributed by atoms with Gasteiger partial charge in [0.2, 0.25) is 5.91 Å². The molecule has 2 aliphatic heterocycles. The van der Waals surface area contributed by atoms with Gasteiger partial charge in [0.1, 0.15) is 6.61 Å². The number of carbonyl (C=O) groups excluding carboxylic acids is 2. The third-order valence-corrected chi connectivity index (χ3v) is 8.06. The lowest BCUT2D eigenvalue weighted by Crippen LogP contribution is -2.59. The number of ether oxygens (including phenoxy) is 1. The highest BCUT2D eigenvalue weighted by molar-refractivity contribution is 5.82. The monoisotopic (exact) mass is 476 g/mol. The van der Waals surface area contributed by atoms with Gasteiger partial charge in [0, 0.05) is 25.0 Å².